The van der Waals surface area contributed by atoms with Crippen LogP contribution in [0.5, 0.6) is 0 Å². The maximum Gasteiger partial charge on any atom is 0.193 e. The number of aliphatic imine (C=N–C) groups is 1. The highest BCUT2D eigenvalue weighted by atomic mass is 15.4. The minimum absolute atomic E-state index is 0.928. The second-order valence-corrected chi connectivity index (χ2v) is 6.48. The van der Waals surface area contributed by atoms with Gasteiger partial charge < -0.3 is 20.4 Å². The second-order valence-electron chi connectivity index (χ2n) is 6.48. The number of unbranched alkanes of at least 4 members (excludes halogenated alkanes) is 1. The van der Waals surface area contributed by atoms with Gasteiger partial charge in [-0.25, -0.2) is 9.97 Å². The van der Waals surface area contributed by atoms with E-state index in [2.05, 4.69) is 41.5 Å². The molecule has 2 aromatic heterocycles. The van der Waals surface area contributed by atoms with Crippen molar-refractivity contribution in [2.24, 2.45) is 4.99 Å². The molecule has 0 unspecified atom stereocenters. The molecule has 0 aromatic carbocycles. The monoisotopic (exact) mass is 367 g/mol. The van der Waals surface area contributed by atoms with Gasteiger partial charge in [0.25, 0.3) is 0 Å². The van der Waals surface area contributed by atoms with Gasteiger partial charge in [0.05, 0.1) is 0 Å². The van der Waals surface area contributed by atoms with Gasteiger partial charge in [0.2, 0.25) is 0 Å². The average molecular weight is 368 g/mol. The SMILES string of the molecule is CN=C(NCCCCNc1ccccn1)N1CCN(c2ccccn2)CC1. The van der Waals surface area contributed by atoms with Gasteiger partial charge in [-0.15, -0.1) is 0 Å². The van der Waals surface area contributed by atoms with Crippen LogP contribution in [0.2, 0.25) is 0 Å². The number of pyridine rings is 2. The summed E-state index contributed by atoms with van der Waals surface area (Å²) in [6.45, 7) is 5.70. The third-order valence-electron chi connectivity index (χ3n) is 4.62. The molecule has 27 heavy (non-hydrogen) atoms. The largest absolute Gasteiger partial charge is 0.370 e. The van der Waals surface area contributed by atoms with Gasteiger partial charge in [0.1, 0.15) is 11.6 Å². The molecule has 1 fully saturated rings. The lowest BCUT2D eigenvalue weighted by Gasteiger charge is -2.37. The minimum atomic E-state index is 0.928. The minimum Gasteiger partial charge on any atom is -0.370 e. The van der Waals surface area contributed by atoms with Crippen molar-refractivity contribution in [3.05, 3.63) is 48.8 Å². The number of nitrogens with zero attached hydrogens (tertiary/aromatic N) is 5. The summed E-state index contributed by atoms with van der Waals surface area (Å²) in [6.07, 6.45) is 5.84. The Hall–Kier alpha value is -2.83. The third-order valence-corrected chi connectivity index (χ3v) is 4.62. The summed E-state index contributed by atoms with van der Waals surface area (Å²) in [6, 6.07) is 12.0. The number of aromatic nitrogens is 2. The van der Waals surface area contributed by atoms with Crippen LogP contribution in [0.25, 0.3) is 0 Å². The zero-order valence-corrected chi connectivity index (χ0v) is 16.0. The Morgan fingerprint density at radius 1 is 0.963 bits per heavy atom. The van der Waals surface area contributed by atoms with Crippen molar-refractivity contribution in [3.63, 3.8) is 0 Å². The number of hydrogen-bond acceptors (Lipinski definition) is 5. The lowest BCUT2D eigenvalue weighted by Crippen LogP contribution is -2.52. The van der Waals surface area contributed by atoms with E-state index in [1.165, 1.54) is 0 Å². The number of nitrogens with one attached hydrogen (secondary N) is 2. The van der Waals surface area contributed by atoms with Gasteiger partial charge in [-0.3, -0.25) is 4.99 Å². The standard InChI is InChI=1S/C20H29N7/c1-21-20(25-13-7-6-11-23-18-8-2-4-10-22-18)27-16-14-26(15-17-27)19-9-3-5-12-24-19/h2-5,8-10,12H,6-7,11,13-17H2,1H3,(H,21,25)(H,22,23). The maximum atomic E-state index is 4.45. The molecule has 7 nitrogen and oxygen atoms in total. The number of anilines is 2. The molecule has 0 atom stereocenters. The first-order valence-electron chi connectivity index (χ1n) is 9.63. The van der Waals surface area contributed by atoms with Crippen molar-refractivity contribution in [3.8, 4) is 0 Å². The topological polar surface area (TPSA) is 68.7 Å². The van der Waals surface area contributed by atoms with E-state index in [-0.39, 0.29) is 0 Å². The number of guanidine groups is 1. The lowest BCUT2D eigenvalue weighted by atomic mass is 10.3. The Labute approximate surface area is 161 Å². The predicted octanol–water partition coefficient (Wildman–Crippen LogP) is 2.07. The van der Waals surface area contributed by atoms with Crippen LogP contribution in [0, 0.1) is 0 Å². The van der Waals surface area contributed by atoms with Gasteiger partial charge >= 0.3 is 0 Å². The molecule has 144 valence electrons. The van der Waals surface area contributed by atoms with E-state index in [0.29, 0.717) is 0 Å². The molecule has 2 aromatic rings. The molecule has 1 saturated heterocycles. The van der Waals surface area contributed by atoms with Crippen molar-refractivity contribution in [2.45, 2.75) is 12.8 Å². The smallest absolute Gasteiger partial charge is 0.193 e. The lowest BCUT2D eigenvalue weighted by molar-refractivity contribution is 0.371. The fraction of sp³-hybridized carbons (Fsp3) is 0.450. The van der Waals surface area contributed by atoms with Crippen molar-refractivity contribution >= 4 is 17.6 Å². The Morgan fingerprint density at radius 2 is 1.70 bits per heavy atom. The summed E-state index contributed by atoms with van der Waals surface area (Å²) < 4.78 is 0. The Kier molecular flexibility index (Phi) is 7.26. The summed E-state index contributed by atoms with van der Waals surface area (Å²) in [4.78, 5) is 17.8. The summed E-state index contributed by atoms with van der Waals surface area (Å²) in [5.74, 6) is 2.99. The fourth-order valence-corrected chi connectivity index (χ4v) is 3.15. The zero-order chi connectivity index (χ0) is 18.7. The van der Waals surface area contributed by atoms with E-state index in [4.69, 9.17) is 0 Å². The molecule has 0 amide bonds. The molecular formula is C20H29N7. The zero-order valence-electron chi connectivity index (χ0n) is 16.0. The van der Waals surface area contributed by atoms with Crippen LogP contribution < -0.4 is 15.5 Å². The first-order chi connectivity index (χ1) is 13.4. The number of hydrogen-bond donors (Lipinski definition) is 2. The highest BCUT2D eigenvalue weighted by Crippen LogP contribution is 2.12. The fourth-order valence-electron chi connectivity index (χ4n) is 3.15. The van der Waals surface area contributed by atoms with E-state index in [1.54, 1.807) is 0 Å². The van der Waals surface area contributed by atoms with Crippen LogP contribution in [-0.4, -0.2) is 67.1 Å². The van der Waals surface area contributed by atoms with E-state index >= 15 is 0 Å². The summed E-state index contributed by atoms with van der Waals surface area (Å²) in [5.41, 5.74) is 0. The van der Waals surface area contributed by atoms with Crippen LogP contribution in [0.3, 0.4) is 0 Å². The highest BCUT2D eigenvalue weighted by Gasteiger charge is 2.19. The maximum absolute atomic E-state index is 4.45. The Morgan fingerprint density at radius 3 is 2.37 bits per heavy atom. The molecule has 1 aliphatic rings. The molecule has 0 aliphatic carbocycles. The first-order valence-corrected chi connectivity index (χ1v) is 9.63. The summed E-state index contributed by atoms with van der Waals surface area (Å²) in [7, 11) is 1.86. The van der Waals surface area contributed by atoms with E-state index in [0.717, 1.165) is 69.7 Å². The molecule has 2 N–H and O–H groups in total. The van der Waals surface area contributed by atoms with Crippen LogP contribution >= 0.6 is 0 Å². The second kappa shape index (κ2) is 10.4. The summed E-state index contributed by atoms with van der Waals surface area (Å²) >= 11 is 0. The summed E-state index contributed by atoms with van der Waals surface area (Å²) in [5, 5.41) is 6.83. The van der Waals surface area contributed by atoms with E-state index < -0.39 is 0 Å². The van der Waals surface area contributed by atoms with Crippen LogP contribution in [0.4, 0.5) is 11.6 Å². The van der Waals surface area contributed by atoms with E-state index in [9.17, 15) is 0 Å². The third kappa shape index (κ3) is 5.84. The van der Waals surface area contributed by atoms with Gasteiger partial charge in [0.15, 0.2) is 5.96 Å². The molecule has 7 heteroatoms. The highest BCUT2D eigenvalue weighted by molar-refractivity contribution is 5.80. The molecular weight excluding hydrogens is 338 g/mol. The van der Waals surface area contributed by atoms with E-state index in [1.807, 2.05) is 49.8 Å². The average Bonchev–Trinajstić information content (AvgIpc) is 2.75. The van der Waals surface area contributed by atoms with Gasteiger partial charge in [-0.05, 0) is 37.1 Å². The normalized spacial score (nSPS) is 14.9. The number of piperazine rings is 1. The molecule has 1 aliphatic heterocycles. The van der Waals surface area contributed by atoms with Crippen LogP contribution in [0.15, 0.2) is 53.8 Å². The van der Waals surface area contributed by atoms with Crippen molar-refractivity contribution in [1.29, 1.82) is 0 Å². The quantitative estimate of drug-likeness (QED) is 0.444. The first kappa shape index (κ1) is 18.9. The van der Waals surface area contributed by atoms with Crippen LogP contribution in [-0.2, 0) is 0 Å². The molecule has 0 bridgehead atoms. The van der Waals surface area contributed by atoms with Crippen molar-refractivity contribution in [1.82, 2.24) is 20.2 Å². The van der Waals surface area contributed by atoms with Crippen molar-refractivity contribution < 1.29 is 0 Å². The van der Waals surface area contributed by atoms with Gasteiger partial charge in [-0.1, -0.05) is 12.1 Å². The van der Waals surface area contributed by atoms with Crippen LogP contribution in [0.1, 0.15) is 12.8 Å². The molecule has 0 radical (unpaired) electrons. The van der Waals surface area contributed by atoms with Gasteiger partial charge in [-0.2, -0.15) is 0 Å². The number of rotatable bonds is 7. The molecule has 0 spiro atoms. The Bertz CT molecular complexity index is 682. The molecule has 3 heterocycles. The van der Waals surface area contributed by atoms with Gasteiger partial charge in [0, 0.05) is 58.7 Å². The molecule has 3 rings (SSSR count). The molecule has 0 saturated carbocycles. The predicted molar refractivity (Wildman–Crippen MR) is 111 cm³/mol. The Balaban J connectivity index is 1.32. The van der Waals surface area contributed by atoms with Crippen molar-refractivity contribution in [2.75, 3.05) is 56.5 Å².